The number of anilines is 1. The second-order valence-corrected chi connectivity index (χ2v) is 6.94. The van der Waals surface area contributed by atoms with Gasteiger partial charge in [-0.1, -0.05) is 11.6 Å². The molecule has 1 heterocycles. The third-order valence-electron chi connectivity index (χ3n) is 5.29. The maximum atomic E-state index is 9.79. The standard InChI is InChI=1S/C13H18ClN3O/c14-11-10(18)12(15)16-17(11)13-4-7-1-8(5-13)3-9(2-7)6-13/h7-9,18H,1-6H2,(H2,15,16). The van der Waals surface area contributed by atoms with Crippen molar-refractivity contribution in [3.8, 4) is 5.75 Å². The summed E-state index contributed by atoms with van der Waals surface area (Å²) < 4.78 is 1.84. The predicted octanol–water partition coefficient (Wildman–Crippen LogP) is 2.75. The summed E-state index contributed by atoms with van der Waals surface area (Å²) in [5.41, 5.74) is 5.72. The highest BCUT2D eigenvalue weighted by atomic mass is 35.5. The van der Waals surface area contributed by atoms with Crippen LogP contribution in [0.2, 0.25) is 5.15 Å². The molecule has 5 heteroatoms. The molecule has 4 nitrogen and oxygen atoms in total. The highest BCUT2D eigenvalue weighted by molar-refractivity contribution is 6.31. The average Bonchev–Trinajstić information content (AvgIpc) is 2.56. The third kappa shape index (κ3) is 1.30. The van der Waals surface area contributed by atoms with E-state index in [2.05, 4.69) is 5.10 Å². The molecule has 18 heavy (non-hydrogen) atoms. The van der Waals surface area contributed by atoms with Gasteiger partial charge in [0.15, 0.2) is 16.7 Å². The molecule has 4 bridgehead atoms. The number of nitrogens with two attached hydrogens (primary N) is 1. The summed E-state index contributed by atoms with van der Waals surface area (Å²) in [5, 5.41) is 14.4. The van der Waals surface area contributed by atoms with Gasteiger partial charge in [-0.2, -0.15) is 0 Å². The number of hydrogen-bond donors (Lipinski definition) is 2. The molecule has 4 fully saturated rings. The van der Waals surface area contributed by atoms with E-state index in [-0.39, 0.29) is 17.1 Å². The second kappa shape index (κ2) is 3.35. The van der Waals surface area contributed by atoms with E-state index in [1.165, 1.54) is 19.3 Å². The molecule has 5 rings (SSSR count). The zero-order valence-corrected chi connectivity index (χ0v) is 11.0. The molecule has 4 aliphatic carbocycles. The van der Waals surface area contributed by atoms with Gasteiger partial charge in [0.2, 0.25) is 0 Å². The fourth-order valence-corrected chi connectivity index (χ4v) is 5.36. The highest BCUT2D eigenvalue weighted by Gasteiger charge is 2.53. The Bertz CT molecular complexity index is 475. The molecule has 0 saturated heterocycles. The first kappa shape index (κ1) is 11.0. The van der Waals surface area contributed by atoms with E-state index in [9.17, 15) is 5.11 Å². The minimum Gasteiger partial charge on any atom is -0.502 e. The number of aromatic hydroxyl groups is 1. The van der Waals surface area contributed by atoms with Crippen LogP contribution < -0.4 is 5.73 Å². The van der Waals surface area contributed by atoms with Crippen LogP contribution >= 0.6 is 11.6 Å². The van der Waals surface area contributed by atoms with Crippen molar-refractivity contribution in [1.82, 2.24) is 9.78 Å². The quantitative estimate of drug-likeness (QED) is 0.822. The van der Waals surface area contributed by atoms with Gasteiger partial charge in [0.05, 0.1) is 5.54 Å². The molecule has 0 amide bonds. The molecule has 0 atom stereocenters. The van der Waals surface area contributed by atoms with Crippen molar-refractivity contribution in [1.29, 1.82) is 0 Å². The summed E-state index contributed by atoms with van der Waals surface area (Å²) in [7, 11) is 0. The minimum atomic E-state index is -0.0487. The molecule has 0 spiro atoms. The first-order valence-corrected chi connectivity index (χ1v) is 7.18. The molecule has 3 N–H and O–H groups in total. The molecule has 0 radical (unpaired) electrons. The van der Waals surface area contributed by atoms with Crippen LogP contribution in [0.15, 0.2) is 0 Å². The molecule has 0 unspecified atom stereocenters. The summed E-state index contributed by atoms with van der Waals surface area (Å²) in [6.07, 6.45) is 7.58. The van der Waals surface area contributed by atoms with E-state index in [4.69, 9.17) is 17.3 Å². The summed E-state index contributed by atoms with van der Waals surface area (Å²) in [6, 6.07) is 0. The Morgan fingerprint density at radius 2 is 1.67 bits per heavy atom. The van der Waals surface area contributed by atoms with E-state index in [0.29, 0.717) is 5.15 Å². The number of rotatable bonds is 1. The summed E-state index contributed by atoms with van der Waals surface area (Å²) in [4.78, 5) is 0. The van der Waals surface area contributed by atoms with E-state index in [0.717, 1.165) is 37.0 Å². The Balaban J connectivity index is 1.81. The van der Waals surface area contributed by atoms with Gasteiger partial charge in [0.25, 0.3) is 0 Å². The molecular formula is C13H18ClN3O. The van der Waals surface area contributed by atoms with Crippen molar-refractivity contribution in [3.63, 3.8) is 0 Å². The molecule has 98 valence electrons. The SMILES string of the molecule is Nc1nn(C23CC4CC(CC(C4)C2)C3)c(Cl)c1O. The Labute approximate surface area is 111 Å². The van der Waals surface area contributed by atoms with Crippen molar-refractivity contribution in [2.24, 2.45) is 17.8 Å². The highest BCUT2D eigenvalue weighted by Crippen LogP contribution is 2.59. The topological polar surface area (TPSA) is 64.1 Å². The van der Waals surface area contributed by atoms with Crippen molar-refractivity contribution < 1.29 is 5.11 Å². The van der Waals surface area contributed by atoms with Crippen LogP contribution in [0.1, 0.15) is 38.5 Å². The molecule has 4 aliphatic rings. The normalized spacial score (nSPS) is 41.5. The van der Waals surface area contributed by atoms with Gasteiger partial charge in [0, 0.05) is 0 Å². The van der Waals surface area contributed by atoms with Gasteiger partial charge >= 0.3 is 0 Å². The fourth-order valence-electron chi connectivity index (χ4n) is 5.04. The van der Waals surface area contributed by atoms with Crippen molar-refractivity contribution >= 4 is 17.4 Å². The molecule has 1 aromatic rings. The van der Waals surface area contributed by atoms with Crippen molar-refractivity contribution in [2.45, 2.75) is 44.1 Å². The Hall–Kier alpha value is -0.900. The Morgan fingerprint density at radius 3 is 2.06 bits per heavy atom. The lowest BCUT2D eigenvalue weighted by Crippen LogP contribution is -2.52. The zero-order chi connectivity index (χ0) is 12.5. The lowest BCUT2D eigenvalue weighted by Gasteiger charge is -2.56. The van der Waals surface area contributed by atoms with Crippen LogP contribution in [0.5, 0.6) is 5.75 Å². The largest absolute Gasteiger partial charge is 0.502 e. The zero-order valence-electron chi connectivity index (χ0n) is 10.3. The smallest absolute Gasteiger partial charge is 0.197 e. The van der Waals surface area contributed by atoms with Crippen LogP contribution in [0, 0.1) is 17.8 Å². The van der Waals surface area contributed by atoms with Crippen LogP contribution in [-0.4, -0.2) is 14.9 Å². The Morgan fingerprint density at radius 1 is 1.17 bits per heavy atom. The van der Waals surface area contributed by atoms with E-state index in [1.807, 2.05) is 4.68 Å². The minimum absolute atomic E-state index is 0.0287. The molecular weight excluding hydrogens is 250 g/mol. The number of aromatic nitrogens is 2. The number of hydrogen-bond acceptors (Lipinski definition) is 3. The number of nitrogen functional groups attached to an aromatic ring is 1. The van der Waals surface area contributed by atoms with E-state index >= 15 is 0 Å². The molecule has 4 saturated carbocycles. The van der Waals surface area contributed by atoms with Gasteiger partial charge in [-0.25, -0.2) is 4.68 Å². The lowest BCUT2D eigenvalue weighted by atomic mass is 9.53. The van der Waals surface area contributed by atoms with Gasteiger partial charge < -0.3 is 10.8 Å². The van der Waals surface area contributed by atoms with Crippen LogP contribution in [0.25, 0.3) is 0 Å². The van der Waals surface area contributed by atoms with Gasteiger partial charge in [0.1, 0.15) is 0 Å². The number of halogens is 1. The molecule has 0 aliphatic heterocycles. The van der Waals surface area contributed by atoms with E-state index < -0.39 is 0 Å². The van der Waals surface area contributed by atoms with Gasteiger partial charge in [-0.3, -0.25) is 0 Å². The second-order valence-electron chi connectivity index (χ2n) is 6.58. The van der Waals surface area contributed by atoms with Crippen molar-refractivity contribution in [3.05, 3.63) is 5.15 Å². The average molecular weight is 268 g/mol. The maximum absolute atomic E-state index is 9.79. The van der Waals surface area contributed by atoms with E-state index in [1.54, 1.807) is 0 Å². The number of nitrogens with zero attached hydrogens (tertiary/aromatic N) is 2. The van der Waals surface area contributed by atoms with Crippen LogP contribution in [0.4, 0.5) is 5.82 Å². The molecule has 1 aromatic heterocycles. The lowest BCUT2D eigenvalue weighted by molar-refractivity contribution is -0.0491. The van der Waals surface area contributed by atoms with Crippen LogP contribution in [-0.2, 0) is 5.54 Å². The predicted molar refractivity (Wildman–Crippen MR) is 69.5 cm³/mol. The fraction of sp³-hybridized carbons (Fsp3) is 0.769. The summed E-state index contributed by atoms with van der Waals surface area (Å²) >= 11 is 6.22. The van der Waals surface area contributed by atoms with Crippen LogP contribution in [0.3, 0.4) is 0 Å². The molecule has 0 aromatic carbocycles. The summed E-state index contributed by atoms with van der Waals surface area (Å²) in [6.45, 7) is 0. The van der Waals surface area contributed by atoms with Gasteiger partial charge in [-0.15, -0.1) is 5.10 Å². The third-order valence-corrected chi connectivity index (χ3v) is 5.63. The Kier molecular flexibility index (Phi) is 2.04. The first-order valence-electron chi connectivity index (χ1n) is 6.81. The maximum Gasteiger partial charge on any atom is 0.197 e. The van der Waals surface area contributed by atoms with Crippen molar-refractivity contribution in [2.75, 3.05) is 5.73 Å². The first-order chi connectivity index (χ1) is 8.57. The monoisotopic (exact) mass is 267 g/mol. The summed E-state index contributed by atoms with van der Waals surface area (Å²) in [5.74, 6) is 2.57. The van der Waals surface area contributed by atoms with Gasteiger partial charge in [-0.05, 0) is 56.3 Å².